The van der Waals surface area contributed by atoms with Crippen molar-refractivity contribution in [3.05, 3.63) is 84.4 Å². The monoisotopic (exact) mass is 287 g/mol. The summed E-state index contributed by atoms with van der Waals surface area (Å²) in [6.45, 7) is 4.44. The zero-order valence-electron chi connectivity index (χ0n) is 13.1. The van der Waals surface area contributed by atoms with Crippen LogP contribution in [0.15, 0.2) is 78.9 Å². The first-order chi connectivity index (χ1) is 10.7. The Kier molecular flexibility index (Phi) is 4.24. The Morgan fingerprint density at radius 2 is 1.23 bits per heavy atom. The Morgan fingerprint density at radius 3 is 1.91 bits per heavy atom. The summed E-state index contributed by atoms with van der Waals surface area (Å²) in [6, 6.07) is 27.6. The molecule has 0 fully saturated rings. The smallest absolute Gasteiger partial charge is 0.0419 e. The van der Waals surface area contributed by atoms with E-state index in [2.05, 4.69) is 92.0 Å². The van der Waals surface area contributed by atoms with Crippen molar-refractivity contribution < 1.29 is 0 Å². The van der Waals surface area contributed by atoms with Crippen LogP contribution in [0.25, 0.3) is 11.1 Å². The summed E-state index contributed by atoms with van der Waals surface area (Å²) >= 11 is 0. The Hall–Kier alpha value is -2.54. The van der Waals surface area contributed by atoms with Crippen LogP contribution in [-0.2, 0) is 0 Å². The maximum Gasteiger partial charge on any atom is 0.0419 e. The van der Waals surface area contributed by atoms with Gasteiger partial charge in [-0.3, -0.25) is 0 Å². The number of hydrogen-bond acceptors (Lipinski definition) is 1. The van der Waals surface area contributed by atoms with E-state index in [9.17, 15) is 0 Å². The minimum Gasteiger partial charge on any atom is -0.355 e. The fraction of sp³-hybridized carbons (Fsp3) is 0.143. The van der Waals surface area contributed by atoms with Gasteiger partial charge in [-0.2, -0.15) is 0 Å². The molecule has 1 N–H and O–H groups in total. The molecule has 0 heterocycles. The van der Waals surface area contributed by atoms with E-state index in [1.807, 2.05) is 6.07 Å². The van der Waals surface area contributed by atoms with Crippen LogP contribution in [-0.4, -0.2) is 0 Å². The Balaban J connectivity index is 1.83. The van der Waals surface area contributed by atoms with Gasteiger partial charge in [-0.25, -0.2) is 0 Å². The third kappa shape index (κ3) is 3.20. The number of nitrogens with one attached hydrogen (secondary N) is 1. The molecule has 0 aliphatic heterocycles. The van der Waals surface area contributed by atoms with Gasteiger partial charge in [-0.15, -0.1) is 0 Å². The van der Waals surface area contributed by atoms with E-state index in [1.165, 1.54) is 22.4 Å². The molecule has 0 aromatic heterocycles. The maximum atomic E-state index is 3.53. The van der Waals surface area contributed by atoms with Gasteiger partial charge in [0.15, 0.2) is 0 Å². The minimum absolute atomic E-state index is 0.507. The standard InChI is InChI=1S/C21H21N/c1-16(2)20-10-6-7-11-21(20)22-19-14-12-18(13-15-19)17-8-4-3-5-9-17/h3-16,22H,1-2H3. The van der Waals surface area contributed by atoms with Crippen molar-refractivity contribution in [2.75, 3.05) is 5.32 Å². The summed E-state index contributed by atoms with van der Waals surface area (Å²) in [7, 11) is 0. The van der Waals surface area contributed by atoms with E-state index >= 15 is 0 Å². The molecule has 3 rings (SSSR count). The largest absolute Gasteiger partial charge is 0.355 e. The van der Waals surface area contributed by atoms with Crippen LogP contribution in [0.1, 0.15) is 25.3 Å². The van der Waals surface area contributed by atoms with E-state index in [0.29, 0.717) is 5.92 Å². The van der Waals surface area contributed by atoms with Gasteiger partial charge in [0.05, 0.1) is 0 Å². The first-order valence-corrected chi connectivity index (χ1v) is 7.75. The van der Waals surface area contributed by atoms with Gasteiger partial charge in [-0.1, -0.05) is 74.5 Å². The van der Waals surface area contributed by atoms with Gasteiger partial charge < -0.3 is 5.32 Å². The SMILES string of the molecule is CC(C)c1ccccc1Nc1ccc(-c2ccccc2)cc1. The van der Waals surface area contributed by atoms with Crippen molar-refractivity contribution in [1.82, 2.24) is 0 Å². The molecule has 1 nitrogen and oxygen atoms in total. The fourth-order valence-corrected chi connectivity index (χ4v) is 2.65. The minimum atomic E-state index is 0.507. The van der Waals surface area contributed by atoms with E-state index in [4.69, 9.17) is 0 Å². The number of rotatable bonds is 4. The molecule has 0 saturated carbocycles. The van der Waals surface area contributed by atoms with Crippen molar-refractivity contribution in [2.24, 2.45) is 0 Å². The molecule has 0 atom stereocenters. The van der Waals surface area contributed by atoms with Gasteiger partial charge in [-0.05, 0) is 40.8 Å². The number of para-hydroxylation sites is 1. The van der Waals surface area contributed by atoms with Crippen LogP contribution in [0.3, 0.4) is 0 Å². The average molecular weight is 287 g/mol. The zero-order chi connectivity index (χ0) is 15.4. The van der Waals surface area contributed by atoms with E-state index in [-0.39, 0.29) is 0 Å². The van der Waals surface area contributed by atoms with Gasteiger partial charge in [0.1, 0.15) is 0 Å². The van der Waals surface area contributed by atoms with Crippen LogP contribution in [0, 0.1) is 0 Å². The number of hydrogen-bond donors (Lipinski definition) is 1. The second-order valence-corrected chi connectivity index (χ2v) is 5.81. The first kappa shape index (κ1) is 14.4. The van der Waals surface area contributed by atoms with Gasteiger partial charge in [0.2, 0.25) is 0 Å². The molecule has 0 unspecified atom stereocenters. The Bertz CT molecular complexity index is 727. The molecular weight excluding hydrogens is 266 g/mol. The second-order valence-electron chi connectivity index (χ2n) is 5.81. The van der Waals surface area contributed by atoms with Crippen molar-refractivity contribution in [2.45, 2.75) is 19.8 Å². The summed E-state index contributed by atoms with van der Waals surface area (Å²) < 4.78 is 0. The molecule has 0 aliphatic rings. The lowest BCUT2D eigenvalue weighted by Gasteiger charge is -2.15. The molecule has 110 valence electrons. The molecule has 0 bridgehead atoms. The van der Waals surface area contributed by atoms with Crippen LogP contribution >= 0.6 is 0 Å². The third-order valence-electron chi connectivity index (χ3n) is 3.85. The summed E-state index contributed by atoms with van der Waals surface area (Å²) in [4.78, 5) is 0. The van der Waals surface area contributed by atoms with Crippen LogP contribution < -0.4 is 5.32 Å². The maximum absolute atomic E-state index is 3.53. The summed E-state index contributed by atoms with van der Waals surface area (Å²) in [6.07, 6.45) is 0. The molecule has 0 amide bonds. The van der Waals surface area contributed by atoms with Gasteiger partial charge in [0, 0.05) is 11.4 Å². The van der Waals surface area contributed by atoms with Crippen molar-refractivity contribution in [3.63, 3.8) is 0 Å². The summed E-state index contributed by atoms with van der Waals surface area (Å²) in [5.74, 6) is 0.507. The van der Waals surface area contributed by atoms with Crippen molar-refractivity contribution >= 4 is 11.4 Å². The van der Waals surface area contributed by atoms with E-state index < -0.39 is 0 Å². The zero-order valence-corrected chi connectivity index (χ0v) is 13.1. The third-order valence-corrected chi connectivity index (χ3v) is 3.85. The average Bonchev–Trinajstić information content (AvgIpc) is 2.57. The molecule has 0 radical (unpaired) electrons. The molecule has 0 spiro atoms. The highest BCUT2D eigenvalue weighted by molar-refractivity contribution is 5.69. The van der Waals surface area contributed by atoms with Crippen LogP contribution in [0.2, 0.25) is 0 Å². The number of benzene rings is 3. The van der Waals surface area contributed by atoms with Crippen LogP contribution in [0.4, 0.5) is 11.4 Å². The lowest BCUT2D eigenvalue weighted by Crippen LogP contribution is -1.97. The lowest BCUT2D eigenvalue weighted by atomic mass is 10.0. The fourth-order valence-electron chi connectivity index (χ4n) is 2.65. The predicted octanol–water partition coefficient (Wildman–Crippen LogP) is 6.22. The van der Waals surface area contributed by atoms with Crippen molar-refractivity contribution in [1.29, 1.82) is 0 Å². The molecule has 22 heavy (non-hydrogen) atoms. The highest BCUT2D eigenvalue weighted by atomic mass is 14.9. The van der Waals surface area contributed by atoms with Crippen molar-refractivity contribution in [3.8, 4) is 11.1 Å². The second kappa shape index (κ2) is 6.48. The Labute approximate surface area is 132 Å². The lowest BCUT2D eigenvalue weighted by molar-refractivity contribution is 0.869. The molecule has 0 saturated heterocycles. The molecule has 0 aliphatic carbocycles. The summed E-state index contributed by atoms with van der Waals surface area (Å²) in [5, 5.41) is 3.53. The first-order valence-electron chi connectivity index (χ1n) is 7.75. The molecule has 3 aromatic carbocycles. The quantitative estimate of drug-likeness (QED) is 0.600. The molecule has 3 aromatic rings. The summed E-state index contributed by atoms with van der Waals surface area (Å²) in [5.41, 5.74) is 6.13. The number of anilines is 2. The van der Waals surface area contributed by atoms with E-state index in [1.54, 1.807) is 0 Å². The highest BCUT2D eigenvalue weighted by Crippen LogP contribution is 2.28. The predicted molar refractivity (Wildman–Crippen MR) is 95.7 cm³/mol. The molecule has 1 heteroatoms. The molecular formula is C21H21N. The topological polar surface area (TPSA) is 12.0 Å². The van der Waals surface area contributed by atoms with E-state index in [0.717, 1.165) is 5.69 Å². The van der Waals surface area contributed by atoms with Gasteiger partial charge >= 0.3 is 0 Å². The van der Waals surface area contributed by atoms with Crippen LogP contribution in [0.5, 0.6) is 0 Å². The normalized spacial score (nSPS) is 10.7. The Morgan fingerprint density at radius 1 is 0.636 bits per heavy atom. The highest BCUT2D eigenvalue weighted by Gasteiger charge is 2.06. The van der Waals surface area contributed by atoms with Gasteiger partial charge in [0.25, 0.3) is 0 Å².